The number of rotatable bonds is 10. The summed E-state index contributed by atoms with van der Waals surface area (Å²) in [7, 11) is 0. The Labute approximate surface area is 192 Å². The van der Waals surface area contributed by atoms with Gasteiger partial charge in [0.1, 0.15) is 5.75 Å². The summed E-state index contributed by atoms with van der Waals surface area (Å²) in [4.78, 5) is 4.76. The van der Waals surface area contributed by atoms with Gasteiger partial charge in [-0.15, -0.1) is 24.0 Å². The number of aliphatic imine (C=N–C) groups is 1. The maximum Gasteiger partial charge on any atom is 0.191 e. The summed E-state index contributed by atoms with van der Waals surface area (Å²) in [6.07, 6.45) is 5.11. The lowest BCUT2D eigenvalue weighted by atomic mass is 10.1. The van der Waals surface area contributed by atoms with Crippen LogP contribution in [0.2, 0.25) is 0 Å². The lowest BCUT2D eigenvalue weighted by molar-refractivity contribution is 0.215. The molecule has 2 aromatic rings. The molecule has 1 aromatic heterocycles. The molecule has 162 valence electrons. The standard InChI is InChI=1S/C22H35N5O.HI/c1-6-17(4)28-21-13-16(3)10-11-20(21)14-25-22(23-7-2)24-12-8-9-19-15-26-27-18(19)5;/h10-11,13,15,17H,6-9,12,14H2,1-5H3,(H,26,27)(H2,23,24,25);1H. The molecule has 1 unspecified atom stereocenters. The van der Waals surface area contributed by atoms with Crippen LogP contribution in [0.1, 0.15) is 56.0 Å². The summed E-state index contributed by atoms with van der Waals surface area (Å²) < 4.78 is 6.10. The predicted molar refractivity (Wildman–Crippen MR) is 131 cm³/mol. The molecule has 6 nitrogen and oxygen atoms in total. The molecular weight excluding hydrogens is 477 g/mol. The van der Waals surface area contributed by atoms with Crippen LogP contribution < -0.4 is 15.4 Å². The van der Waals surface area contributed by atoms with Gasteiger partial charge in [0.05, 0.1) is 18.8 Å². The second-order valence-electron chi connectivity index (χ2n) is 7.19. The molecular formula is C22H36IN5O. The van der Waals surface area contributed by atoms with Gasteiger partial charge < -0.3 is 15.4 Å². The van der Waals surface area contributed by atoms with Crippen LogP contribution in [0, 0.1) is 13.8 Å². The van der Waals surface area contributed by atoms with Crippen LogP contribution in [-0.4, -0.2) is 35.4 Å². The second kappa shape index (κ2) is 13.5. The average Bonchev–Trinajstić information content (AvgIpc) is 3.09. The lowest BCUT2D eigenvalue weighted by Gasteiger charge is -2.17. The zero-order valence-corrected chi connectivity index (χ0v) is 20.7. The minimum absolute atomic E-state index is 0. The third-order valence-corrected chi connectivity index (χ3v) is 4.73. The highest BCUT2D eigenvalue weighted by atomic mass is 127. The van der Waals surface area contributed by atoms with E-state index in [2.05, 4.69) is 73.6 Å². The van der Waals surface area contributed by atoms with Crippen molar-refractivity contribution in [3.63, 3.8) is 0 Å². The normalized spacial score (nSPS) is 12.2. The van der Waals surface area contributed by atoms with Crippen molar-refractivity contribution in [1.82, 2.24) is 20.8 Å². The van der Waals surface area contributed by atoms with Crippen LogP contribution in [-0.2, 0) is 13.0 Å². The van der Waals surface area contributed by atoms with Crippen molar-refractivity contribution in [3.05, 3.63) is 46.8 Å². The van der Waals surface area contributed by atoms with Crippen molar-refractivity contribution in [3.8, 4) is 5.75 Å². The number of nitrogens with zero attached hydrogens (tertiary/aromatic N) is 2. The summed E-state index contributed by atoms with van der Waals surface area (Å²) in [6, 6.07) is 6.33. The summed E-state index contributed by atoms with van der Waals surface area (Å²) in [6.45, 7) is 12.7. The highest BCUT2D eigenvalue weighted by Gasteiger charge is 2.08. The third-order valence-electron chi connectivity index (χ3n) is 4.73. The number of nitrogens with one attached hydrogen (secondary N) is 3. The van der Waals surface area contributed by atoms with E-state index in [1.165, 1.54) is 11.1 Å². The number of halogens is 1. The average molecular weight is 513 g/mol. The molecule has 1 atom stereocenters. The first-order chi connectivity index (χ1) is 13.5. The van der Waals surface area contributed by atoms with Gasteiger partial charge in [0.15, 0.2) is 5.96 Å². The number of guanidine groups is 1. The number of ether oxygens (including phenoxy) is 1. The smallest absolute Gasteiger partial charge is 0.191 e. The number of aromatic nitrogens is 2. The third kappa shape index (κ3) is 8.64. The lowest BCUT2D eigenvalue weighted by Crippen LogP contribution is -2.37. The molecule has 1 heterocycles. The molecule has 0 aliphatic heterocycles. The van der Waals surface area contributed by atoms with Gasteiger partial charge in [0.25, 0.3) is 0 Å². The Bertz CT molecular complexity index is 759. The van der Waals surface area contributed by atoms with E-state index in [-0.39, 0.29) is 30.1 Å². The predicted octanol–water partition coefficient (Wildman–Crippen LogP) is 4.51. The van der Waals surface area contributed by atoms with Crippen LogP contribution in [0.25, 0.3) is 0 Å². The molecule has 0 fully saturated rings. The molecule has 0 aliphatic carbocycles. The van der Waals surface area contributed by atoms with Crippen molar-refractivity contribution in [2.45, 2.75) is 66.5 Å². The van der Waals surface area contributed by atoms with Gasteiger partial charge in [-0.1, -0.05) is 19.1 Å². The molecule has 0 radical (unpaired) electrons. The Morgan fingerprint density at radius 3 is 2.66 bits per heavy atom. The van der Waals surface area contributed by atoms with Crippen molar-refractivity contribution in [2.24, 2.45) is 4.99 Å². The van der Waals surface area contributed by atoms with Gasteiger partial charge in [-0.2, -0.15) is 5.10 Å². The molecule has 1 aromatic carbocycles. The maximum atomic E-state index is 6.10. The number of hydrogen-bond donors (Lipinski definition) is 3. The molecule has 0 bridgehead atoms. The van der Waals surface area contributed by atoms with Gasteiger partial charge >= 0.3 is 0 Å². The fourth-order valence-electron chi connectivity index (χ4n) is 2.82. The van der Waals surface area contributed by atoms with Crippen LogP contribution in [0.15, 0.2) is 29.4 Å². The zero-order chi connectivity index (χ0) is 20.4. The Morgan fingerprint density at radius 2 is 2.00 bits per heavy atom. The SMILES string of the molecule is CCNC(=NCc1ccc(C)cc1OC(C)CC)NCCCc1cn[nH]c1C.I. The molecule has 0 amide bonds. The molecule has 0 aliphatic rings. The molecule has 0 saturated heterocycles. The Kier molecular flexibility index (Phi) is 11.7. The quantitative estimate of drug-likeness (QED) is 0.189. The first-order valence-corrected chi connectivity index (χ1v) is 10.3. The van der Waals surface area contributed by atoms with Crippen molar-refractivity contribution >= 4 is 29.9 Å². The van der Waals surface area contributed by atoms with E-state index in [0.29, 0.717) is 6.54 Å². The van der Waals surface area contributed by atoms with E-state index in [0.717, 1.165) is 55.3 Å². The number of H-pyrrole nitrogens is 1. The van der Waals surface area contributed by atoms with E-state index in [1.54, 1.807) is 0 Å². The monoisotopic (exact) mass is 513 g/mol. The maximum absolute atomic E-state index is 6.10. The first kappa shape index (κ1) is 25.3. The fourth-order valence-corrected chi connectivity index (χ4v) is 2.82. The van der Waals surface area contributed by atoms with Crippen LogP contribution >= 0.6 is 24.0 Å². The Balaban J connectivity index is 0.00000420. The van der Waals surface area contributed by atoms with Crippen molar-refractivity contribution in [1.29, 1.82) is 0 Å². The molecule has 7 heteroatoms. The summed E-state index contributed by atoms with van der Waals surface area (Å²) in [5.74, 6) is 1.77. The summed E-state index contributed by atoms with van der Waals surface area (Å²) >= 11 is 0. The number of hydrogen-bond acceptors (Lipinski definition) is 3. The number of aryl methyl sites for hydroxylation is 3. The Morgan fingerprint density at radius 1 is 1.21 bits per heavy atom. The molecule has 29 heavy (non-hydrogen) atoms. The Hall–Kier alpha value is -1.77. The van der Waals surface area contributed by atoms with Gasteiger partial charge in [-0.25, -0.2) is 4.99 Å². The van der Waals surface area contributed by atoms with Gasteiger partial charge in [0.2, 0.25) is 0 Å². The van der Waals surface area contributed by atoms with E-state index >= 15 is 0 Å². The van der Waals surface area contributed by atoms with E-state index < -0.39 is 0 Å². The minimum Gasteiger partial charge on any atom is -0.490 e. The van der Waals surface area contributed by atoms with Gasteiger partial charge in [-0.3, -0.25) is 5.10 Å². The molecule has 0 saturated carbocycles. The van der Waals surface area contributed by atoms with Crippen molar-refractivity contribution in [2.75, 3.05) is 13.1 Å². The van der Waals surface area contributed by atoms with Crippen LogP contribution in [0.5, 0.6) is 5.75 Å². The minimum atomic E-state index is 0. The van der Waals surface area contributed by atoms with E-state index in [1.807, 2.05) is 6.20 Å². The molecule has 2 rings (SSSR count). The van der Waals surface area contributed by atoms with Crippen molar-refractivity contribution < 1.29 is 4.74 Å². The topological polar surface area (TPSA) is 74.3 Å². The zero-order valence-electron chi connectivity index (χ0n) is 18.3. The van der Waals surface area contributed by atoms with Gasteiger partial charge in [0, 0.05) is 24.3 Å². The van der Waals surface area contributed by atoms with Crippen LogP contribution in [0.4, 0.5) is 0 Å². The molecule has 3 N–H and O–H groups in total. The fraction of sp³-hybridized carbons (Fsp3) is 0.545. The summed E-state index contributed by atoms with van der Waals surface area (Å²) in [5, 5.41) is 13.8. The summed E-state index contributed by atoms with van der Waals surface area (Å²) in [5.41, 5.74) is 4.73. The largest absolute Gasteiger partial charge is 0.490 e. The first-order valence-electron chi connectivity index (χ1n) is 10.3. The highest BCUT2D eigenvalue weighted by Crippen LogP contribution is 2.23. The van der Waals surface area contributed by atoms with Gasteiger partial charge in [-0.05, 0) is 64.2 Å². The molecule has 0 spiro atoms. The second-order valence-corrected chi connectivity index (χ2v) is 7.19. The number of benzene rings is 1. The number of aromatic amines is 1. The van der Waals surface area contributed by atoms with E-state index in [9.17, 15) is 0 Å². The highest BCUT2D eigenvalue weighted by molar-refractivity contribution is 14.0. The van der Waals surface area contributed by atoms with Crippen LogP contribution in [0.3, 0.4) is 0 Å². The van der Waals surface area contributed by atoms with E-state index in [4.69, 9.17) is 9.73 Å².